The second-order valence-corrected chi connectivity index (χ2v) is 10.5. The lowest BCUT2D eigenvalue weighted by atomic mass is 10.0. The summed E-state index contributed by atoms with van der Waals surface area (Å²) in [6, 6.07) is 12.5. The number of hydrogen-bond acceptors (Lipinski definition) is 4. The molecule has 202 valence electrons. The quantitative estimate of drug-likeness (QED) is 0.0653. The summed E-state index contributed by atoms with van der Waals surface area (Å²) in [6.07, 6.45) is 19.2. The summed E-state index contributed by atoms with van der Waals surface area (Å²) >= 11 is 0. The molecule has 1 heterocycles. The van der Waals surface area contributed by atoms with E-state index >= 15 is 0 Å². The number of aromatic nitrogens is 1. The maximum absolute atomic E-state index is 11.1. The van der Waals surface area contributed by atoms with Crippen molar-refractivity contribution in [2.24, 2.45) is 5.16 Å². The summed E-state index contributed by atoms with van der Waals surface area (Å²) in [6.45, 7) is 6.49. The highest BCUT2D eigenvalue weighted by molar-refractivity contribution is 6.12. The highest BCUT2D eigenvalue weighted by atomic mass is 16.7. The lowest BCUT2D eigenvalue weighted by molar-refractivity contribution is -0.140. The molecular formula is C32H47N3O2. The normalized spacial score (nSPS) is 12.0. The zero-order chi connectivity index (χ0) is 26.5. The van der Waals surface area contributed by atoms with Gasteiger partial charge in [-0.2, -0.15) is 0 Å². The molecule has 0 unspecified atom stereocenters. The molecule has 5 heteroatoms. The third kappa shape index (κ3) is 8.91. The average molecular weight is 506 g/mol. The highest BCUT2D eigenvalue weighted by Crippen LogP contribution is 2.32. The van der Waals surface area contributed by atoms with Gasteiger partial charge in [0, 0.05) is 41.0 Å². The number of nitrogens with zero attached hydrogens (tertiary/aromatic N) is 2. The van der Waals surface area contributed by atoms with Gasteiger partial charge in [0.2, 0.25) is 0 Å². The molecule has 0 radical (unpaired) electrons. The number of rotatable bonds is 17. The molecule has 0 aliphatic heterocycles. The molecule has 2 N–H and O–H groups in total. The molecular weight excluding hydrogens is 458 g/mol. The summed E-state index contributed by atoms with van der Waals surface area (Å²) in [5.41, 5.74) is 10.9. The number of unbranched alkanes of at least 4 members (excludes halogenated alkanes) is 13. The number of nitrogen functional groups attached to an aromatic ring is 1. The maximum Gasteiger partial charge on any atom is 0.331 e. The Bertz CT molecular complexity index is 1160. The van der Waals surface area contributed by atoms with Crippen molar-refractivity contribution in [3.8, 4) is 0 Å². The molecule has 0 aliphatic rings. The van der Waals surface area contributed by atoms with Gasteiger partial charge < -0.3 is 15.1 Å². The summed E-state index contributed by atoms with van der Waals surface area (Å²) in [5.74, 6) is -0.419. The Hall–Kier alpha value is -2.82. The fraction of sp³-hybridized carbons (Fsp3) is 0.562. The number of anilines is 1. The molecule has 0 saturated carbocycles. The van der Waals surface area contributed by atoms with Crippen molar-refractivity contribution in [3.05, 3.63) is 42.0 Å². The molecule has 0 atom stereocenters. The van der Waals surface area contributed by atoms with Crippen LogP contribution in [0.25, 0.3) is 21.8 Å². The number of carbonyl (C=O) groups excluding carboxylic acids is 1. The van der Waals surface area contributed by atoms with Crippen molar-refractivity contribution >= 4 is 39.2 Å². The molecule has 0 fully saturated rings. The Balaban J connectivity index is 1.49. The van der Waals surface area contributed by atoms with E-state index < -0.39 is 5.97 Å². The topological polar surface area (TPSA) is 69.6 Å². The highest BCUT2D eigenvalue weighted by Gasteiger charge is 2.13. The van der Waals surface area contributed by atoms with E-state index in [-0.39, 0.29) is 0 Å². The summed E-state index contributed by atoms with van der Waals surface area (Å²) in [4.78, 5) is 16.0. The van der Waals surface area contributed by atoms with Gasteiger partial charge >= 0.3 is 5.97 Å². The Kier molecular flexibility index (Phi) is 12.0. The third-order valence-corrected chi connectivity index (χ3v) is 7.35. The van der Waals surface area contributed by atoms with Crippen LogP contribution in [0.2, 0.25) is 0 Å². The van der Waals surface area contributed by atoms with Crippen molar-refractivity contribution in [1.29, 1.82) is 0 Å². The van der Waals surface area contributed by atoms with Crippen molar-refractivity contribution in [1.82, 2.24) is 4.57 Å². The Labute approximate surface area is 223 Å². The van der Waals surface area contributed by atoms with Crippen LogP contribution in [0.15, 0.2) is 41.6 Å². The molecule has 3 rings (SSSR count). The second kappa shape index (κ2) is 15.4. The SMILES string of the molecule is CCCCCCCCCCCCCCCCn1c2ccc(N)cc2c2cc(/C(C)=N/OC(C)=O)ccc21. The number of aryl methyl sites for hydroxylation is 1. The van der Waals surface area contributed by atoms with Crippen molar-refractivity contribution in [2.45, 2.75) is 117 Å². The van der Waals surface area contributed by atoms with Crippen molar-refractivity contribution in [3.63, 3.8) is 0 Å². The number of carbonyl (C=O) groups is 1. The first-order chi connectivity index (χ1) is 18.0. The van der Waals surface area contributed by atoms with Crippen molar-refractivity contribution < 1.29 is 9.63 Å². The molecule has 0 saturated heterocycles. The minimum Gasteiger partial charge on any atom is -0.399 e. The Morgan fingerprint density at radius 2 is 1.27 bits per heavy atom. The van der Waals surface area contributed by atoms with E-state index in [1.807, 2.05) is 13.0 Å². The van der Waals surface area contributed by atoms with Crippen LogP contribution in [0.1, 0.15) is 116 Å². The van der Waals surface area contributed by atoms with E-state index in [4.69, 9.17) is 10.6 Å². The van der Waals surface area contributed by atoms with Gasteiger partial charge in [-0.05, 0) is 49.2 Å². The van der Waals surface area contributed by atoms with E-state index in [1.165, 1.54) is 108 Å². The first-order valence-corrected chi connectivity index (χ1v) is 14.5. The van der Waals surface area contributed by atoms with Crippen LogP contribution in [-0.2, 0) is 16.2 Å². The predicted molar refractivity (Wildman–Crippen MR) is 158 cm³/mol. The first kappa shape index (κ1) is 28.7. The fourth-order valence-electron chi connectivity index (χ4n) is 5.24. The summed E-state index contributed by atoms with van der Waals surface area (Å²) in [7, 11) is 0. The standard InChI is InChI=1S/C32H47N3O2/c1-4-5-6-7-8-9-10-11-12-13-14-15-16-17-22-35-31-20-18-27(25(2)34-37-26(3)36)23-29(31)30-24-28(33)19-21-32(30)35/h18-21,23-24H,4-17,22,33H2,1-3H3/b34-25+. The maximum atomic E-state index is 11.1. The van der Waals surface area contributed by atoms with E-state index in [1.54, 1.807) is 0 Å². The summed E-state index contributed by atoms with van der Waals surface area (Å²) in [5, 5.41) is 6.27. The van der Waals surface area contributed by atoms with E-state index in [9.17, 15) is 4.79 Å². The largest absolute Gasteiger partial charge is 0.399 e. The van der Waals surface area contributed by atoms with Crippen molar-refractivity contribution in [2.75, 3.05) is 5.73 Å². The average Bonchev–Trinajstić information content (AvgIpc) is 3.19. The van der Waals surface area contributed by atoms with Gasteiger partial charge in [0.05, 0.1) is 5.71 Å². The van der Waals surface area contributed by atoms with Crippen LogP contribution < -0.4 is 5.73 Å². The zero-order valence-electron chi connectivity index (χ0n) is 23.4. The molecule has 0 amide bonds. The van der Waals surface area contributed by atoms with E-state index in [2.05, 4.69) is 47.0 Å². The fourth-order valence-corrected chi connectivity index (χ4v) is 5.24. The van der Waals surface area contributed by atoms with Crippen LogP contribution in [0.5, 0.6) is 0 Å². The first-order valence-electron chi connectivity index (χ1n) is 14.5. The number of hydrogen-bond donors (Lipinski definition) is 1. The van der Waals surface area contributed by atoms with Gasteiger partial charge in [0.25, 0.3) is 0 Å². The number of fused-ring (bicyclic) bond motifs is 3. The second-order valence-electron chi connectivity index (χ2n) is 10.5. The monoisotopic (exact) mass is 505 g/mol. The molecule has 3 aromatic rings. The minimum absolute atomic E-state index is 0.419. The number of benzene rings is 2. The molecule has 0 bridgehead atoms. The van der Waals surface area contributed by atoms with Crippen LogP contribution in [0.3, 0.4) is 0 Å². The van der Waals surface area contributed by atoms with Gasteiger partial charge in [0.15, 0.2) is 0 Å². The summed E-state index contributed by atoms with van der Waals surface area (Å²) < 4.78 is 2.42. The third-order valence-electron chi connectivity index (χ3n) is 7.35. The van der Waals surface area contributed by atoms with Gasteiger partial charge in [-0.3, -0.25) is 0 Å². The van der Waals surface area contributed by atoms with Crippen LogP contribution in [0.4, 0.5) is 5.69 Å². The van der Waals surface area contributed by atoms with Gasteiger partial charge in [-0.15, -0.1) is 0 Å². The lowest BCUT2D eigenvalue weighted by Gasteiger charge is -2.08. The van der Waals surface area contributed by atoms with Crippen LogP contribution in [-0.4, -0.2) is 16.2 Å². The zero-order valence-corrected chi connectivity index (χ0v) is 23.4. The van der Waals surface area contributed by atoms with Crippen LogP contribution >= 0.6 is 0 Å². The molecule has 0 aliphatic carbocycles. The van der Waals surface area contributed by atoms with Gasteiger partial charge in [-0.25, -0.2) is 4.79 Å². The lowest BCUT2D eigenvalue weighted by Crippen LogP contribution is -2.00. The van der Waals surface area contributed by atoms with Gasteiger partial charge in [-0.1, -0.05) is 102 Å². The molecule has 2 aromatic carbocycles. The smallest absolute Gasteiger partial charge is 0.331 e. The van der Waals surface area contributed by atoms with E-state index in [0.29, 0.717) is 5.71 Å². The van der Waals surface area contributed by atoms with E-state index in [0.717, 1.165) is 28.6 Å². The molecule has 37 heavy (non-hydrogen) atoms. The number of nitrogens with two attached hydrogens (primary N) is 1. The predicted octanol–water partition coefficient (Wildman–Crippen LogP) is 9.15. The number of oxime groups is 1. The molecule has 1 aromatic heterocycles. The minimum atomic E-state index is -0.419. The Morgan fingerprint density at radius 3 is 1.84 bits per heavy atom. The van der Waals surface area contributed by atoms with Gasteiger partial charge in [0.1, 0.15) is 0 Å². The molecule has 0 spiro atoms. The molecule has 5 nitrogen and oxygen atoms in total. The Morgan fingerprint density at radius 1 is 0.757 bits per heavy atom. The van der Waals surface area contributed by atoms with Crippen LogP contribution in [0, 0.1) is 0 Å².